The van der Waals surface area contributed by atoms with Crippen LogP contribution in [0.2, 0.25) is 0 Å². The predicted octanol–water partition coefficient (Wildman–Crippen LogP) is 4.56. The Morgan fingerprint density at radius 1 is 0.968 bits per heavy atom. The van der Waals surface area contributed by atoms with Gasteiger partial charge >= 0.3 is 5.97 Å². The number of nitro groups is 1. The third-order valence-electron chi connectivity index (χ3n) is 4.03. The van der Waals surface area contributed by atoms with Gasteiger partial charge in [-0.25, -0.2) is 10.3 Å². The van der Waals surface area contributed by atoms with Crippen LogP contribution in [0.1, 0.15) is 15.9 Å². The van der Waals surface area contributed by atoms with E-state index < -0.39 is 20.9 Å². The van der Waals surface area contributed by atoms with Crippen LogP contribution in [-0.4, -0.2) is 19.3 Å². The highest BCUT2D eigenvalue weighted by atomic mass is 32.2. The molecule has 0 fully saturated rings. The summed E-state index contributed by atoms with van der Waals surface area (Å²) in [5, 5.41) is 14.4. The second-order valence-corrected chi connectivity index (χ2v) is 7.90. The summed E-state index contributed by atoms with van der Waals surface area (Å²) < 4.78 is 27.8. The molecule has 0 amide bonds. The van der Waals surface area contributed by atoms with Crippen LogP contribution in [0.5, 0.6) is 0 Å². The number of nitrogens with one attached hydrogen (secondary N) is 1. The number of rotatable bonds is 7. The molecule has 0 aliphatic carbocycles. The van der Waals surface area contributed by atoms with Crippen molar-refractivity contribution in [1.82, 2.24) is 0 Å². The molecule has 1 N–H and O–H groups in total. The fourth-order valence-electron chi connectivity index (χ4n) is 2.34. The van der Waals surface area contributed by atoms with Crippen LogP contribution in [0.25, 0.3) is 0 Å². The van der Waals surface area contributed by atoms with Crippen LogP contribution in [0.3, 0.4) is 0 Å². The van der Waals surface area contributed by atoms with Crippen molar-refractivity contribution in [3.8, 4) is 0 Å². The summed E-state index contributed by atoms with van der Waals surface area (Å²) in [6.07, 6.45) is 0. The molecule has 0 aliphatic rings. The first-order chi connectivity index (χ1) is 14.7. The first kappa shape index (κ1) is 21.6. The molecule has 0 atom stereocenters. The van der Waals surface area contributed by atoms with Gasteiger partial charge in [-0.05, 0) is 55.5 Å². The van der Waals surface area contributed by atoms with Crippen molar-refractivity contribution in [2.24, 2.45) is 9.63 Å². The number of non-ortho nitro benzene ring substituents is 1. The Labute approximate surface area is 177 Å². The van der Waals surface area contributed by atoms with Gasteiger partial charge in [-0.15, -0.1) is 5.11 Å². The van der Waals surface area contributed by atoms with Gasteiger partial charge < -0.3 is 4.84 Å². The number of hydrogen-bond acceptors (Lipinski definition) is 8. The summed E-state index contributed by atoms with van der Waals surface area (Å²) in [7, 11) is -3.91. The molecule has 0 aromatic heterocycles. The maximum absolute atomic E-state index is 12.2. The van der Waals surface area contributed by atoms with Gasteiger partial charge in [0.15, 0.2) is 0 Å². The largest absolute Gasteiger partial charge is 0.362 e. The summed E-state index contributed by atoms with van der Waals surface area (Å²) in [6.45, 7) is 1.84. The number of anilines is 1. The Morgan fingerprint density at radius 3 is 2.16 bits per heavy atom. The second kappa shape index (κ2) is 9.13. The van der Waals surface area contributed by atoms with Gasteiger partial charge in [-0.3, -0.25) is 10.1 Å². The molecule has 3 aromatic rings. The maximum Gasteiger partial charge on any atom is 0.362 e. The van der Waals surface area contributed by atoms with Crippen LogP contribution in [-0.2, 0) is 14.9 Å². The minimum Gasteiger partial charge on any atom is -0.338 e. The van der Waals surface area contributed by atoms with Crippen LogP contribution >= 0.6 is 0 Å². The summed E-state index contributed by atoms with van der Waals surface area (Å²) in [4.78, 5) is 27.0. The standard InChI is InChI=1S/C20H16N4O6S/c1-14-2-12-19(13-3-14)31(28,29)23-21-16-6-8-17(9-7-16)22-30-20(25)15-4-10-18(11-5-15)24(26)27/h2-13,22H,1H3. The second-order valence-electron chi connectivity index (χ2n) is 6.31. The SMILES string of the molecule is Cc1ccc(S(=O)(=O)N=Nc2ccc(NOC(=O)c3ccc([N+](=O)[O-])cc3)cc2)cc1. The quantitative estimate of drug-likeness (QED) is 0.322. The Balaban J connectivity index is 1.59. The molecule has 0 unspecified atom stereocenters. The number of hydrogen-bond donors (Lipinski definition) is 1. The van der Waals surface area contributed by atoms with Gasteiger partial charge in [0.1, 0.15) is 0 Å². The molecule has 0 bridgehead atoms. The van der Waals surface area contributed by atoms with E-state index >= 15 is 0 Å². The van der Waals surface area contributed by atoms with E-state index in [2.05, 4.69) is 15.1 Å². The molecule has 0 radical (unpaired) electrons. The minimum absolute atomic E-state index is 0.0401. The lowest BCUT2D eigenvalue weighted by atomic mass is 10.2. The van der Waals surface area contributed by atoms with Crippen molar-refractivity contribution in [2.75, 3.05) is 5.48 Å². The van der Waals surface area contributed by atoms with Gasteiger partial charge in [0, 0.05) is 12.1 Å². The Bertz CT molecular complexity index is 1220. The van der Waals surface area contributed by atoms with E-state index in [4.69, 9.17) is 4.84 Å². The highest BCUT2D eigenvalue weighted by Gasteiger charge is 2.13. The number of nitro benzene ring substituents is 1. The fourth-order valence-corrected chi connectivity index (χ4v) is 3.11. The average molecular weight is 440 g/mol. The van der Waals surface area contributed by atoms with Crippen molar-refractivity contribution >= 4 is 33.1 Å². The number of sulfonamides is 1. The first-order valence-electron chi connectivity index (χ1n) is 8.81. The van der Waals surface area contributed by atoms with Gasteiger partial charge in [-0.1, -0.05) is 22.2 Å². The number of aryl methyl sites for hydroxylation is 1. The van der Waals surface area contributed by atoms with E-state index in [1.807, 2.05) is 6.92 Å². The first-order valence-corrected chi connectivity index (χ1v) is 10.2. The summed E-state index contributed by atoms with van der Waals surface area (Å²) in [6, 6.07) is 17.2. The topological polar surface area (TPSA) is 140 Å². The average Bonchev–Trinajstić information content (AvgIpc) is 2.77. The number of carbonyl (C=O) groups is 1. The molecular weight excluding hydrogens is 424 g/mol. The van der Waals surface area contributed by atoms with Crippen molar-refractivity contribution < 1.29 is 23.0 Å². The molecule has 0 aliphatic heterocycles. The lowest BCUT2D eigenvalue weighted by Gasteiger charge is -2.06. The van der Waals surface area contributed by atoms with Crippen LogP contribution in [0.15, 0.2) is 87.3 Å². The van der Waals surface area contributed by atoms with Crippen molar-refractivity contribution in [3.63, 3.8) is 0 Å². The zero-order valence-electron chi connectivity index (χ0n) is 16.1. The summed E-state index contributed by atoms with van der Waals surface area (Å²) in [5.74, 6) is -0.733. The maximum atomic E-state index is 12.2. The van der Waals surface area contributed by atoms with Gasteiger partial charge in [0.2, 0.25) is 0 Å². The van der Waals surface area contributed by atoms with Crippen LogP contribution in [0.4, 0.5) is 17.1 Å². The van der Waals surface area contributed by atoms with Crippen LogP contribution < -0.4 is 5.48 Å². The van der Waals surface area contributed by atoms with Gasteiger partial charge in [-0.2, -0.15) is 8.42 Å². The molecule has 158 valence electrons. The molecule has 0 saturated heterocycles. The third kappa shape index (κ3) is 5.70. The minimum atomic E-state index is -3.91. The zero-order valence-corrected chi connectivity index (χ0v) is 16.9. The van der Waals surface area contributed by atoms with Crippen LogP contribution in [0, 0.1) is 17.0 Å². The number of carbonyl (C=O) groups excluding carboxylic acids is 1. The van der Waals surface area contributed by atoms with E-state index in [1.54, 1.807) is 12.1 Å². The number of benzene rings is 3. The third-order valence-corrected chi connectivity index (χ3v) is 5.19. The van der Waals surface area contributed by atoms with E-state index in [-0.39, 0.29) is 21.8 Å². The Morgan fingerprint density at radius 2 is 1.58 bits per heavy atom. The molecule has 3 aromatic carbocycles. The monoisotopic (exact) mass is 440 g/mol. The molecule has 31 heavy (non-hydrogen) atoms. The molecular formula is C20H16N4O6S. The predicted molar refractivity (Wildman–Crippen MR) is 111 cm³/mol. The Kier molecular flexibility index (Phi) is 6.36. The lowest BCUT2D eigenvalue weighted by Crippen LogP contribution is -2.10. The van der Waals surface area contributed by atoms with Crippen molar-refractivity contribution in [3.05, 3.63) is 94.0 Å². The van der Waals surface area contributed by atoms with E-state index in [9.17, 15) is 23.3 Å². The molecule has 3 rings (SSSR count). The fraction of sp³-hybridized carbons (Fsp3) is 0.0500. The van der Waals surface area contributed by atoms with Crippen molar-refractivity contribution in [1.29, 1.82) is 0 Å². The highest BCUT2D eigenvalue weighted by molar-refractivity contribution is 7.90. The summed E-state index contributed by atoms with van der Waals surface area (Å²) in [5.41, 5.74) is 4.03. The molecule has 11 heteroatoms. The molecule has 10 nitrogen and oxygen atoms in total. The zero-order chi connectivity index (χ0) is 22.4. The summed E-state index contributed by atoms with van der Waals surface area (Å²) >= 11 is 0. The van der Waals surface area contributed by atoms with E-state index in [1.165, 1.54) is 60.7 Å². The normalized spacial score (nSPS) is 11.3. The Hall–Kier alpha value is -4.12. The molecule has 0 heterocycles. The van der Waals surface area contributed by atoms with E-state index in [0.717, 1.165) is 5.56 Å². The highest BCUT2D eigenvalue weighted by Crippen LogP contribution is 2.20. The lowest BCUT2D eigenvalue weighted by molar-refractivity contribution is -0.384. The van der Waals surface area contributed by atoms with Gasteiger partial charge in [0.25, 0.3) is 15.7 Å². The van der Waals surface area contributed by atoms with E-state index in [0.29, 0.717) is 5.69 Å². The molecule has 0 saturated carbocycles. The van der Waals surface area contributed by atoms with Gasteiger partial charge in [0.05, 0.1) is 26.8 Å². The smallest absolute Gasteiger partial charge is 0.338 e. The molecule has 0 spiro atoms. The van der Waals surface area contributed by atoms with Crippen molar-refractivity contribution in [2.45, 2.75) is 11.8 Å². The number of nitrogens with zero attached hydrogens (tertiary/aromatic N) is 3.